The molecular formula is C9H10N2O7S. The van der Waals surface area contributed by atoms with E-state index in [9.17, 15) is 33.8 Å². The standard InChI is InChI=1S/C9H10N2O7S/c1-19(17,18)8-2-6(4-10(13)14)9(12)7(3-8)5-11(15)16/h2-3,12H,4-5H2,1H3. The van der Waals surface area contributed by atoms with Gasteiger partial charge in [-0.15, -0.1) is 0 Å². The number of nitro groups is 2. The van der Waals surface area contributed by atoms with Crippen LogP contribution in [0.4, 0.5) is 0 Å². The molecule has 0 amide bonds. The first-order valence-corrected chi connectivity index (χ1v) is 6.79. The Balaban J connectivity index is 3.46. The minimum absolute atomic E-state index is 0.273. The van der Waals surface area contributed by atoms with Gasteiger partial charge < -0.3 is 5.11 Å². The number of rotatable bonds is 5. The Morgan fingerprint density at radius 1 is 1.11 bits per heavy atom. The predicted octanol–water partition coefficient (Wildman–Crippen LogP) is 0.349. The lowest BCUT2D eigenvalue weighted by Crippen LogP contribution is -2.07. The van der Waals surface area contributed by atoms with E-state index in [1.54, 1.807) is 0 Å². The first-order valence-electron chi connectivity index (χ1n) is 4.89. The molecule has 9 nitrogen and oxygen atoms in total. The zero-order valence-corrected chi connectivity index (χ0v) is 10.6. The maximum atomic E-state index is 11.4. The van der Waals surface area contributed by atoms with Gasteiger partial charge in [0.1, 0.15) is 5.75 Å². The number of benzene rings is 1. The van der Waals surface area contributed by atoms with Gasteiger partial charge in [0.05, 0.1) is 16.0 Å². The van der Waals surface area contributed by atoms with Crippen molar-refractivity contribution in [3.05, 3.63) is 43.5 Å². The van der Waals surface area contributed by atoms with E-state index >= 15 is 0 Å². The van der Waals surface area contributed by atoms with Crippen LogP contribution in [0.2, 0.25) is 0 Å². The molecule has 19 heavy (non-hydrogen) atoms. The molecule has 10 heteroatoms. The first-order chi connectivity index (χ1) is 8.61. The molecule has 0 aliphatic carbocycles. The van der Waals surface area contributed by atoms with E-state index in [0.717, 1.165) is 18.4 Å². The summed E-state index contributed by atoms with van der Waals surface area (Å²) in [4.78, 5) is 19.0. The minimum atomic E-state index is -3.69. The fraction of sp³-hybridized carbons (Fsp3) is 0.333. The number of aromatic hydroxyl groups is 1. The normalized spacial score (nSPS) is 11.2. The fourth-order valence-corrected chi connectivity index (χ4v) is 2.17. The SMILES string of the molecule is CS(=O)(=O)c1cc(C[N+](=O)[O-])c(O)c(C[N+](=O)[O-])c1. The highest BCUT2D eigenvalue weighted by Gasteiger charge is 2.20. The number of nitrogens with zero attached hydrogens (tertiary/aromatic N) is 2. The van der Waals surface area contributed by atoms with E-state index < -0.39 is 38.5 Å². The smallest absolute Gasteiger partial charge is 0.232 e. The van der Waals surface area contributed by atoms with Gasteiger partial charge >= 0.3 is 0 Å². The lowest BCUT2D eigenvalue weighted by molar-refractivity contribution is -0.498. The Labute approximate surface area is 107 Å². The molecule has 0 aliphatic rings. The Hall–Kier alpha value is -2.23. The molecule has 0 aliphatic heterocycles. The Morgan fingerprint density at radius 2 is 1.47 bits per heavy atom. The molecule has 0 spiro atoms. The van der Waals surface area contributed by atoms with Crippen molar-refractivity contribution in [2.45, 2.75) is 18.0 Å². The molecule has 1 rings (SSSR count). The molecule has 0 radical (unpaired) electrons. The van der Waals surface area contributed by atoms with Crippen LogP contribution in [-0.2, 0) is 22.9 Å². The van der Waals surface area contributed by atoms with E-state index in [4.69, 9.17) is 0 Å². The summed E-state index contributed by atoms with van der Waals surface area (Å²) in [6.07, 6.45) is 0.866. The first kappa shape index (κ1) is 14.8. The number of hydrogen-bond donors (Lipinski definition) is 1. The van der Waals surface area contributed by atoms with Crippen LogP contribution in [0.3, 0.4) is 0 Å². The quantitative estimate of drug-likeness (QED) is 0.609. The largest absolute Gasteiger partial charge is 0.507 e. The third kappa shape index (κ3) is 3.88. The second-order valence-corrected chi connectivity index (χ2v) is 5.86. The van der Waals surface area contributed by atoms with Crippen LogP contribution in [0.5, 0.6) is 5.75 Å². The van der Waals surface area contributed by atoms with Crippen LogP contribution < -0.4 is 0 Å². The molecule has 0 bridgehead atoms. The van der Waals surface area contributed by atoms with E-state index in [2.05, 4.69) is 0 Å². The summed E-state index contributed by atoms with van der Waals surface area (Å²) >= 11 is 0. The van der Waals surface area contributed by atoms with Gasteiger partial charge in [-0.05, 0) is 12.1 Å². The second-order valence-electron chi connectivity index (χ2n) is 3.84. The van der Waals surface area contributed by atoms with Gasteiger partial charge in [0, 0.05) is 16.1 Å². The fourth-order valence-electron chi connectivity index (χ4n) is 1.46. The molecule has 0 atom stereocenters. The molecule has 0 unspecified atom stereocenters. The van der Waals surface area contributed by atoms with Gasteiger partial charge in [-0.2, -0.15) is 0 Å². The number of phenols is 1. The molecule has 0 aromatic heterocycles. The van der Waals surface area contributed by atoms with E-state index in [1.165, 1.54) is 0 Å². The molecule has 0 saturated carbocycles. The van der Waals surface area contributed by atoms with Gasteiger partial charge in [-0.25, -0.2) is 8.42 Å². The van der Waals surface area contributed by atoms with Crippen LogP contribution >= 0.6 is 0 Å². The van der Waals surface area contributed by atoms with Gasteiger partial charge in [0.2, 0.25) is 13.1 Å². The average Bonchev–Trinajstić information content (AvgIpc) is 2.20. The number of hydrogen-bond acceptors (Lipinski definition) is 7. The van der Waals surface area contributed by atoms with Gasteiger partial charge in [-0.1, -0.05) is 0 Å². The Bertz CT molecular complexity index is 601. The van der Waals surface area contributed by atoms with Gasteiger partial charge in [0.15, 0.2) is 9.84 Å². The Kier molecular flexibility index (Phi) is 4.04. The van der Waals surface area contributed by atoms with Crippen molar-refractivity contribution in [2.24, 2.45) is 0 Å². The summed E-state index contributed by atoms with van der Waals surface area (Å²) in [7, 11) is -3.69. The minimum Gasteiger partial charge on any atom is -0.507 e. The number of phenolic OH excluding ortho intramolecular Hbond substituents is 1. The summed E-state index contributed by atoms with van der Waals surface area (Å²) in [5.74, 6) is -0.624. The second kappa shape index (κ2) is 5.18. The average molecular weight is 290 g/mol. The van der Waals surface area contributed by atoms with Crippen molar-refractivity contribution in [1.82, 2.24) is 0 Å². The molecule has 1 N–H and O–H groups in total. The third-order valence-electron chi connectivity index (χ3n) is 2.27. The van der Waals surface area contributed by atoms with Crippen molar-refractivity contribution < 1.29 is 23.4 Å². The summed E-state index contributed by atoms with van der Waals surface area (Å²) in [5.41, 5.74) is -0.547. The summed E-state index contributed by atoms with van der Waals surface area (Å²) < 4.78 is 22.8. The summed E-state index contributed by atoms with van der Waals surface area (Å²) in [6, 6.07) is 1.88. The lowest BCUT2D eigenvalue weighted by Gasteiger charge is -2.07. The molecule has 0 fully saturated rings. The maximum Gasteiger partial charge on any atom is 0.232 e. The molecule has 0 saturated heterocycles. The monoisotopic (exact) mass is 290 g/mol. The van der Waals surface area contributed by atoms with Crippen LogP contribution in [0.25, 0.3) is 0 Å². The third-order valence-corrected chi connectivity index (χ3v) is 3.36. The van der Waals surface area contributed by atoms with Gasteiger partial charge in [-0.3, -0.25) is 20.2 Å². The topological polar surface area (TPSA) is 141 Å². The van der Waals surface area contributed by atoms with Gasteiger partial charge in [0.25, 0.3) is 0 Å². The zero-order valence-electron chi connectivity index (χ0n) is 9.77. The predicted molar refractivity (Wildman–Crippen MR) is 62.6 cm³/mol. The van der Waals surface area contributed by atoms with E-state index in [1.807, 2.05) is 0 Å². The molecule has 104 valence electrons. The Morgan fingerprint density at radius 3 is 1.74 bits per heavy atom. The number of sulfone groups is 1. The van der Waals surface area contributed by atoms with Crippen LogP contribution in [0.15, 0.2) is 17.0 Å². The van der Waals surface area contributed by atoms with Crippen molar-refractivity contribution in [2.75, 3.05) is 6.26 Å². The summed E-state index contributed by atoms with van der Waals surface area (Å²) in [6.45, 7) is -1.64. The molecule has 1 aromatic rings. The van der Waals surface area contributed by atoms with E-state index in [0.29, 0.717) is 0 Å². The molecule has 0 heterocycles. The zero-order chi connectivity index (χ0) is 14.8. The highest BCUT2D eigenvalue weighted by atomic mass is 32.2. The van der Waals surface area contributed by atoms with E-state index in [-0.39, 0.29) is 16.0 Å². The highest BCUT2D eigenvalue weighted by molar-refractivity contribution is 7.90. The lowest BCUT2D eigenvalue weighted by atomic mass is 10.1. The highest BCUT2D eigenvalue weighted by Crippen LogP contribution is 2.28. The molecule has 1 aromatic carbocycles. The van der Waals surface area contributed by atoms with Crippen LogP contribution in [0.1, 0.15) is 11.1 Å². The van der Waals surface area contributed by atoms with Crippen LogP contribution in [-0.4, -0.2) is 29.6 Å². The summed E-state index contributed by atoms with van der Waals surface area (Å²) in [5, 5.41) is 30.5. The van der Waals surface area contributed by atoms with Crippen molar-refractivity contribution in [3.63, 3.8) is 0 Å². The maximum absolute atomic E-state index is 11.4. The van der Waals surface area contributed by atoms with Crippen LogP contribution in [0, 0.1) is 20.2 Å². The van der Waals surface area contributed by atoms with Crippen molar-refractivity contribution in [1.29, 1.82) is 0 Å². The molecular weight excluding hydrogens is 280 g/mol. The van der Waals surface area contributed by atoms with Crippen molar-refractivity contribution >= 4 is 9.84 Å². The van der Waals surface area contributed by atoms with Crippen molar-refractivity contribution in [3.8, 4) is 5.75 Å².